The summed E-state index contributed by atoms with van der Waals surface area (Å²) in [4.78, 5) is 19.1. The Balaban J connectivity index is 2.02. The van der Waals surface area contributed by atoms with Crippen molar-refractivity contribution in [2.75, 3.05) is 23.4 Å². The van der Waals surface area contributed by atoms with Crippen LogP contribution in [-0.4, -0.2) is 37.1 Å². The van der Waals surface area contributed by atoms with Gasteiger partial charge in [-0.15, -0.1) is 0 Å². The summed E-state index contributed by atoms with van der Waals surface area (Å²) in [5, 5.41) is 4.56. The van der Waals surface area contributed by atoms with Crippen molar-refractivity contribution >= 4 is 27.1 Å². The van der Waals surface area contributed by atoms with Crippen LogP contribution in [0.2, 0.25) is 0 Å². The number of nitrogens with zero attached hydrogens (tertiary/aromatic N) is 2. The summed E-state index contributed by atoms with van der Waals surface area (Å²) < 4.78 is 150. The van der Waals surface area contributed by atoms with Crippen LogP contribution in [0, 0.1) is 0 Å². The minimum Gasteiger partial charge on any atom is -0.385 e. The molecule has 2 heterocycles. The second kappa shape index (κ2) is 12.3. The van der Waals surface area contributed by atoms with Crippen LogP contribution in [0.25, 0.3) is 22.3 Å². The van der Waals surface area contributed by atoms with Gasteiger partial charge in [-0.2, -0.15) is 39.5 Å². The fourth-order valence-corrected chi connectivity index (χ4v) is 5.73. The van der Waals surface area contributed by atoms with Crippen LogP contribution in [0.5, 0.6) is 0 Å². The Hall–Kier alpha value is -4.67. The Morgan fingerprint density at radius 1 is 0.783 bits per heavy atom. The number of aromatic nitrogens is 2. The molecular weight excluding hydrogens is 655 g/mol. The van der Waals surface area contributed by atoms with Gasteiger partial charge >= 0.3 is 18.5 Å². The predicted molar refractivity (Wildman–Crippen MR) is 150 cm³/mol. The van der Waals surface area contributed by atoms with Gasteiger partial charge in [0.25, 0.3) is 5.91 Å². The Kier molecular flexibility index (Phi) is 9.12. The van der Waals surface area contributed by atoms with Gasteiger partial charge in [0.2, 0.25) is 0 Å². The van der Waals surface area contributed by atoms with E-state index in [-0.39, 0.29) is 23.0 Å². The van der Waals surface area contributed by atoms with Crippen LogP contribution in [0.3, 0.4) is 0 Å². The maximum absolute atomic E-state index is 14.5. The lowest BCUT2D eigenvalue weighted by atomic mass is 9.91. The van der Waals surface area contributed by atoms with E-state index in [1.807, 2.05) is 0 Å². The minimum atomic E-state index is -5.26. The highest BCUT2D eigenvalue weighted by atomic mass is 32.2. The van der Waals surface area contributed by atoms with Gasteiger partial charge in [-0.1, -0.05) is 43.3 Å². The van der Waals surface area contributed by atoms with Gasteiger partial charge in [0.05, 0.1) is 34.5 Å². The third-order valence-electron chi connectivity index (χ3n) is 6.68. The molecule has 2 aromatic carbocycles. The monoisotopic (exact) mass is 676 g/mol. The lowest BCUT2D eigenvalue weighted by Crippen LogP contribution is -2.23. The molecule has 0 radical (unpaired) electrons. The fourth-order valence-electron chi connectivity index (χ4n) is 4.47. The standard InChI is InChI=1S/C29H21F9N4O3S/c1-3-46(44,45)25-23(18-7-5-4-6-17(18)15-8-10-16(11-9-15)27(30,31)32)19(28(33,34)35)13-41-24(25)26(43)42-20-12-22(29(36,37)38)40-14-21(20)39-2/h4-14,39H,3H2,1-2H3,(H,40,42,43). The first-order valence-electron chi connectivity index (χ1n) is 13.0. The number of carbonyl (C=O) groups is 1. The van der Waals surface area contributed by atoms with Crippen molar-refractivity contribution in [2.24, 2.45) is 0 Å². The highest BCUT2D eigenvalue weighted by Gasteiger charge is 2.41. The second-order valence-electron chi connectivity index (χ2n) is 9.56. The third-order valence-corrected chi connectivity index (χ3v) is 8.46. The van der Waals surface area contributed by atoms with E-state index in [2.05, 4.69) is 20.6 Å². The molecule has 0 aliphatic carbocycles. The molecule has 0 fully saturated rings. The maximum Gasteiger partial charge on any atom is 0.433 e. The van der Waals surface area contributed by atoms with Crippen molar-refractivity contribution in [3.8, 4) is 22.3 Å². The van der Waals surface area contributed by atoms with Crippen molar-refractivity contribution < 1.29 is 52.7 Å². The molecule has 7 nitrogen and oxygen atoms in total. The van der Waals surface area contributed by atoms with Crippen LogP contribution in [0.1, 0.15) is 34.2 Å². The van der Waals surface area contributed by atoms with E-state index in [1.54, 1.807) is 0 Å². The number of pyridine rings is 2. The number of sulfone groups is 1. The van der Waals surface area contributed by atoms with Crippen LogP contribution in [0.4, 0.5) is 50.9 Å². The molecule has 46 heavy (non-hydrogen) atoms. The van der Waals surface area contributed by atoms with E-state index < -0.39 is 84.3 Å². The zero-order chi connectivity index (χ0) is 34.2. The molecule has 4 rings (SSSR count). The molecule has 0 spiro atoms. The molecule has 0 atom stereocenters. The van der Waals surface area contributed by atoms with Crippen LogP contribution < -0.4 is 10.6 Å². The smallest absolute Gasteiger partial charge is 0.385 e. The summed E-state index contributed by atoms with van der Waals surface area (Å²) in [7, 11) is -3.50. The molecule has 0 aliphatic rings. The molecule has 4 aromatic rings. The molecule has 0 aliphatic heterocycles. The average Bonchev–Trinajstić information content (AvgIpc) is 2.99. The van der Waals surface area contributed by atoms with Gasteiger partial charge in [0.1, 0.15) is 16.3 Å². The SMILES string of the molecule is CCS(=O)(=O)c1c(C(=O)Nc2cc(C(F)(F)F)ncc2NC)ncc(C(F)(F)F)c1-c1ccccc1-c1ccc(C(F)(F)F)cc1. The van der Waals surface area contributed by atoms with Gasteiger partial charge in [-0.25, -0.2) is 18.4 Å². The lowest BCUT2D eigenvalue weighted by Gasteiger charge is -2.22. The van der Waals surface area contributed by atoms with Crippen molar-refractivity contribution in [3.63, 3.8) is 0 Å². The number of hydrogen-bond acceptors (Lipinski definition) is 6. The van der Waals surface area contributed by atoms with E-state index in [4.69, 9.17) is 0 Å². The summed E-state index contributed by atoms with van der Waals surface area (Å²) >= 11 is 0. The largest absolute Gasteiger partial charge is 0.433 e. The van der Waals surface area contributed by atoms with E-state index in [9.17, 15) is 52.7 Å². The first kappa shape index (κ1) is 34.2. The van der Waals surface area contributed by atoms with Crippen LogP contribution >= 0.6 is 0 Å². The number of hydrogen-bond donors (Lipinski definition) is 2. The lowest BCUT2D eigenvalue weighted by molar-refractivity contribution is -0.141. The molecule has 0 unspecified atom stereocenters. The van der Waals surface area contributed by atoms with Gasteiger partial charge in [0, 0.05) is 18.8 Å². The van der Waals surface area contributed by atoms with Gasteiger partial charge in [-0.05, 0) is 34.9 Å². The fraction of sp³-hybridized carbons (Fsp3) is 0.207. The molecule has 0 saturated heterocycles. The minimum absolute atomic E-state index is 0.0190. The summed E-state index contributed by atoms with van der Waals surface area (Å²) in [5.74, 6) is -2.30. The molecule has 1 amide bonds. The van der Waals surface area contributed by atoms with Crippen LogP contribution in [0.15, 0.2) is 71.9 Å². The highest BCUT2D eigenvalue weighted by Crippen LogP contribution is 2.45. The molecule has 0 bridgehead atoms. The third kappa shape index (κ3) is 6.93. The first-order chi connectivity index (χ1) is 21.3. The maximum atomic E-state index is 14.5. The van der Waals surface area contributed by atoms with Gasteiger partial charge < -0.3 is 10.6 Å². The molecule has 17 heteroatoms. The Labute approximate surface area is 255 Å². The number of nitrogens with one attached hydrogen (secondary N) is 2. The number of carbonyl (C=O) groups excluding carboxylic acids is 1. The topological polar surface area (TPSA) is 101 Å². The molecule has 244 valence electrons. The number of anilines is 2. The summed E-state index contributed by atoms with van der Waals surface area (Å²) in [5.41, 5.74) is -7.41. The zero-order valence-corrected chi connectivity index (χ0v) is 24.3. The van der Waals surface area contributed by atoms with Crippen molar-refractivity contribution in [2.45, 2.75) is 30.3 Å². The first-order valence-corrected chi connectivity index (χ1v) is 14.6. The average molecular weight is 677 g/mol. The van der Waals surface area contributed by atoms with Gasteiger partial charge in [0.15, 0.2) is 9.84 Å². The quantitative estimate of drug-likeness (QED) is 0.193. The highest BCUT2D eigenvalue weighted by molar-refractivity contribution is 7.91. The Morgan fingerprint density at radius 2 is 1.39 bits per heavy atom. The number of alkyl halides is 9. The number of rotatable bonds is 7. The van der Waals surface area contributed by atoms with Crippen molar-refractivity contribution in [3.05, 3.63) is 89.5 Å². The number of amides is 1. The Morgan fingerprint density at radius 3 is 1.91 bits per heavy atom. The number of halogens is 9. The molecular formula is C29H21F9N4O3S. The predicted octanol–water partition coefficient (Wildman–Crippen LogP) is 7.95. The van der Waals surface area contributed by atoms with Crippen LogP contribution in [-0.2, 0) is 28.4 Å². The number of benzene rings is 2. The Bertz CT molecular complexity index is 1890. The van der Waals surface area contributed by atoms with Crippen molar-refractivity contribution in [1.82, 2.24) is 9.97 Å². The molecule has 0 saturated carbocycles. The second-order valence-corrected chi connectivity index (χ2v) is 11.8. The summed E-state index contributed by atoms with van der Waals surface area (Å²) in [6, 6.07) is 8.72. The molecule has 2 N–H and O–H groups in total. The summed E-state index contributed by atoms with van der Waals surface area (Å²) in [6.45, 7) is 1.08. The summed E-state index contributed by atoms with van der Waals surface area (Å²) in [6.07, 6.45) is -14.0. The van der Waals surface area contributed by atoms with Crippen molar-refractivity contribution in [1.29, 1.82) is 0 Å². The van der Waals surface area contributed by atoms with Gasteiger partial charge in [-0.3, -0.25) is 4.79 Å². The van der Waals surface area contributed by atoms with E-state index in [0.29, 0.717) is 18.2 Å². The molecule has 2 aromatic heterocycles. The van der Waals surface area contributed by atoms with E-state index >= 15 is 0 Å². The zero-order valence-electron chi connectivity index (χ0n) is 23.5. The normalized spacial score (nSPS) is 12.6. The van der Waals surface area contributed by atoms with E-state index in [1.165, 1.54) is 25.2 Å². The van der Waals surface area contributed by atoms with E-state index in [0.717, 1.165) is 31.3 Å².